The number of hydrogen-bond acceptors (Lipinski definition) is 4. The maximum Gasteiger partial charge on any atom is 0.308 e. The zero-order valence-corrected chi connectivity index (χ0v) is 15.1. The van der Waals surface area contributed by atoms with Gasteiger partial charge in [0.2, 0.25) is 10.0 Å². The fourth-order valence-corrected chi connectivity index (χ4v) is 1.75. The molecule has 19 heavy (non-hydrogen) atoms. The Morgan fingerprint density at radius 2 is 1.89 bits per heavy atom. The topological polar surface area (TPSA) is 104 Å². The van der Waals surface area contributed by atoms with E-state index in [1.54, 1.807) is 6.92 Å². The van der Waals surface area contributed by atoms with Gasteiger partial charge < -0.3 is 10.4 Å². The van der Waals surface area contributed by atoms with Gasteiger partial charge in [-0.1, -0.05) is 6.92 Å². The Kier molecular flexibility index (Phi) is 10.1. The maximum atomic E-state index is 11.5. The van der Waals surface area contributed by atoms with E-state index in [4.69, 9.17) is 5.11 Å². The summed E-state index contributed by atoms with van der Waals surface area (Å²) in [4.78, 5) is 22.6. The molecule has 0 spiro atoms. The second-order valence-electron chi connectivity index (χ2n) is 4.07. The normalized spacial score (nSPS) is 14.4. The molecule has 0 aliphatic rings. The molecule has 1 radical (unpaired) electrons. The van der Waals surface area contributed by atoms with E-state index in [-0.39, 0.29) is 39.3 Å². The van der Waals surface area contributed by atoms with Crippen LogP contribution in [0.15, 0.2) is 0 Å². The van der Waals surface area contributed by atoms with E-state index in [2.05, 4.69) is 5.32 Å². The number of carboxylic acids is 1. The van der Waals surface area contributed by atoms with E-state index in [9.17, 15) is 18.0 Å². The summed E-state index contributed by atoms with van der Waals surface area (Å²) >= 11 is 0. The Morgan fingerprint density at radius 3 is 2.21 bits per heavy atom. The Balaban J connectivity index is 0. The third-order valence-electron chi connectivity index (χ3n) is 2.64. The Morgan fingerprint density at radius 1 is 1.42 bits per heavy atom. The van der Waals surface area contributed by atoms with E-state index in [1.807, 2.05) is 0 Å². The molecule has 109 valence electrons. The summed E-state index contributed by atoms with van der Waals surface area (Å²) in [6.07, 6.45) is 0.983. The van der Waals surface area contributed by atoms with Crippen molar-refractivity contribution in [1.29, 1.82) is 0 Å². The van der Waals surface area contributed by atoms with Crippen LogP contribution in [0.2, 0.25) is 0 Å². The van der Waals surface area contributed by atoms with Crippen LogP contribution in [0.4, 0.5) is 0 Å². The number of aliphatic carboxylic acids is 1. The summed E-state index contributed by atoms with van der Waals surface area (Å²) in [5.74, 6) is -3.58. The molecule has 9 heteroatoms. The van der Waals surface area contributed by atoms with Gasteiger partial charge in [-0.25, -0.2) is 19.3 Å². The first kappa shape index (κ1) is 21.3. The molecule has 0 rings (SSSR count). The van der Waals surface area contributed by atoms with Crippen molar-refractivity contribution in [3.05, 3.63) is 6.54 Å². The molecule has 0 aliphatic heterocycles. The van der Waals surface area contributed by atoms with Crippen LogP contribution in [-0.2, 0) is 52.3 Å². The minimum absolute atomic E-state index is 0. The van der Waals surface area contributed by atoms with E-state index in [0.29, 0.717) is 0 Å². The molecular weight excluding hydrogens is 349 g/mol. The Hall–Kier alpha value is -0.0461. The first-order chi connectivity index (χ1) is 8.11. The summed E-state index contributed by atoms with van der Waals surface area (Å²) in [6, 6.07) is 0. The molecule has 2 atom stereocenters. The fraction of sp³-hybridized carbons (Fsp3) is 0.700. The van der Waals surface area contributed by atoms with Crippen molar-refractivity contribution in [1.82, 2.24) is 9.62 Å². The second-order valence-corrected chi connectivity index (χ2v) is 6.16. The number of rotatable bonds is 7. The number of carbonyl (C=O) groups is 2. The Bertz CT molecular complexity index is 412. The third kappa shape index (κ3) is 7.34. The molecule has 0 aromatic carbocycles. The average molecular weight is 368 g/mol. The zero-order chi connectivity index (χ0) is 14.5. The maximum absolute atomic E-state index is 11.5. The van der Waals surface area contributed by atoms with Crippen molar-refractivity contribution in [2.75, 3.05) is 19.8 Å². The summed E-state index contributed by atoms with van der Waals surface area (Å²) in [5.41, 5.74) is 0. The van der Waals surface area contributed by atoms with Gasteiger partial charge in [0.15, 0.2) is 5.91 Å². The molecule has 0 saturated heterocycles. The van der Waals surface area contributed by atoms with E-state index >= 15 is 0 Å². The van der Waals surface area contributed by atoms with Crippen LogP contribution in [-0.4, -0.2) is 49.6 Å². The number of amides is 1. The summed E-state index contributed by atoms with van der Waals surface area (Å²) in [7, 11) is -2.19. The number of carbonyl (C=O) groups excluding carboxylic acids is 1. The van der Waals surface area contributed by atoms with Gasteiger partial charge in [0.25, 0.3) is 0 Å². The van der Waals surface area contributed by atoms with Gasteiger partial charge in [0, 0.05) is 52.2 Å². The number of nitrogens with zero attached hydrogens (tertiary/aromatic N) is 1. The van der Waals surface area contributed by atoms with E-state index in [1.165, 1.54) is 20.5 Å². The summed E-state index contributed by atoms with van der Waals surface area (Å²) < 4.78 is 23.4. The van der Waals surface area contributed by atoms with Crippen molar-refractivity contribution in [2.24, 2.45) is 11.8 Å². The van der Waals surface area contributed by atoms with Crippen molar-refractivity contribution in [3.8, 4) is 0 Å². The molecule has 0 aliphatic carbocycles. The van der Waals surface area contributed by atoms with Crippen LogP contribution in [0.5, 0.6) is 0 Å². The monoisotopic (exact) mass is 368 g/mol. The van der Waals surface area contributed by atoms with E-state index < -0.39 is 33.7 Å². The number of nitrogens with one attached hydrogen (secondary N) is 1. The van der Waals surface area contributed by atoms with Gasteiger partial charge in [0.1, 0.15) is 0 Å². The van der Waals surface area contributed by atoms with Gasteiger partial charge in [-0.05, 0) is 0 Å². The summed E-state index contributed by atoms with van der Waals surface area (Å²) in [6.45, 7) is 4.21. The average Bonchev–Trinajstić information content (AvgIpc) is 2.23. The minimum atomic E-state index is -3.47. The summed E-state index contributed by atoms with van der Waals surface area (Å²) in [5, 5.41) is 11.5. The third-order valence-corrected chi connectivity index (χ3v) is 3.92. The first-order valence-corrected chi connectivity index (χ1v) is 7.18. The largest absolute Gasteiger partial charge is 0.506 e. The molecule has 7 nitrogen and oxygen atoms in total. The molecule has 0 saturated carbocycles. The van der Waals surface area contributed by atoms with Gasteiger partial charge in [-0.2, -0.15) is 6.92 Å². The molecule has 0 heterocycles. The van der Waals surface area contributed by atoms with Crippen molar-refractivity contribution < 1.29 is 55.8 Å². The molecule has 1 amide bonds. The van der Waals surface area contributed by atoms with Gasteiger partial charge in [0.05, 0.1) is 12.2 Å². The minimum Gasteiger partial charge on any atom is -0.506 e. The molecule has 2 N–H and O–H groups in total. The molecule has 0 aromatic heterocycles. The van der Waals surface area contributed by atoms with Crippen molar-refractivity contribution >= 4 is 21.9 Å². The molecule has 0 bridgehead atoms. The predicted octanol–water partition coefficient (Wildman–Crippen LogP) is -0.490. The standard InChI is InChI=1S/C10H19N2O5S.Y/c1-5-11-9(13)7(2)8(10(14)15)6-12(3)18(4,16)17;/h5,7-8H,6H2,1-4H3,(H,11,13)(H,14,15);/q-1;. The van der Waals surface area contributed by atoms with E-state index in [0.717, 1.165) is 10.6 Å². The molecule has 0 aromatic rings. The van der Waals surface area contributed by atoms with Crippen molar-refractivity contribution in [3.63, 3.8) is 0 Å². The molecule has 2 unspecified atom stereocenters. The number of carboxylic acid groups (broad SMARTS) is 1. The van der Waals surface area contributed by atoms with Crippen LogP contribution >= 0.6 is 0 Å². The number of hydrogen-bond donors (Lipinski definition) is 2. The van der Waals surface area contributed by atoms with Crippen LogP contribution in [0.3, 0.4) is 0 Å². The van der Waals surface area contributed by atoms with Crippen LogP contribution < -0.4 is 5.32 Å². The predicted molar refractivity (Wildman–Crippen MR) is 65.9 cm³/mol. The SMILES string of the molecule is C[CH-]NC(=O)C(C)C(CN(C)S(C)(=O)=O)C(=O)O.[Y]. The van der Waals surface area contributed by atoms with Crippen LogP contribution in [0, 0.1) is 18.4 Å². The van der Waals surface area contributed by atoms with Crippen LogP contribution in [0.25, 0.3) is 0 Å². The quantitative estimate of drug-likeness (QED) is 0.591. The Labute approximate surface area is 139 Å². The molecular formula is C10H19N2O5SY-. The first-order valence-electron chi connectivity index (χ1n) is 5.33. The fourth-order valence-electron chi connectivity index (χ4n) is 1.32. The second kappa shape index (κ2) is 8.99. The number of sulfonamides is 1. The van der Waals surface area contributed by atoms with Gasteiger partial charge in [-0.15, -0.1) is 0 Å². The van der Waals surface area contributed by atoms with Crippen LogP contribution in [0.1, 0.15) is 13.8 Å². The van der Waals surface area contributed by atoms with Gasteiger partial charge in [-0.3, -0.25) is 9.59 Å². The molecule has 0 fully saturated rings. The van der Waals surface area contributed by atoms with Gasteiger partial charge >= 0.3 is 5.97 Å². The zero-order valence-electron chi connectivity index (χ0n) is 11.5. The van der Waals surface area contributed by atoms with Crippen molar-refractivity contribution in [2.45, 2.75) is 13.8 Å². The smallest absolute Gasteiger partial charge is 0.308 e.